The second-order valence-electron chi connectivity index (χ2n) is 5.59. The van der Waals surface area contributed by atoms with Crippen molar-refractivity contribution in [3.05, 3.63) is 42.0 Å². The van der Waals surface area contributed by atoms with E-state index in [0.29, 0.717) is 22.8 Å². The van der Waals surface area contributed by atoms with Crippen LogP contribution in [0.2, 0.25) is 0 Å². The van der Waals surface area contributed by atoms with Crippen molar-refractivity contribution < 1.29 is 19.0 Å². The highest BCUT2D eigenvalue weighted by Gasteiger charge is 2.17. The van der Waals surface area contributed by atoms with Crippen LogP contribution < -0.4 is 24.4 Å². The molecule has 0 aliphatic carbocycles. The summed E-state index contributed by atoms with van der Waals surface area (Å²) in [4.78, 5) is 14.8. The summed E-state index contributed by atoms with van der Waals surface area (Å²) >= 11 is 0. The van der Waals surface area contributed by atoms with Crippen LogP contribution in [0.25, 0.3) is 0 Å². The molecule has 6 heteroatoms. The molecule has 0 spiro atoms. The van der Waals surface area contributed by atoms with E-state index in [2.05, 4.69) is 24.1 Å². The number of nitrogens with one attached hydrogen (secondary N) is 1. The Morgan fingerprint density at radius 1 is 0.923 bits per heavy atom. The molecule has 0 aliphatic heterocycles. The van der Waals surface area contributed by atoms with Gasteiger partial charge in [0.2, 0.25) is 5.75 Å². The minimum atomic E-state index is -0.250. The number of hydrogen-bond donors (Lipinski definition) is 1. The fraction of sp³-hybridized carbons (Fsp3) is 0.350. The Morgan fingerprint density at radius 2 is 1.46 bits per heavy atom. The molecule has 0 saturated carbocycles. The Morgan fingerprint density at radius 3 is 1.88 bits per heavy atom. The largest absolute Gasteiger partial charge is 0.493 e. The topological polar surface area (TPSA) is 60.0 Å². The molecule has 2 aromatic carbocycles. The van der Waals surface area contributed by atoms with E-state index in [1.54, 1.807) is 12.1 Å². The molecular weight excluding hydrogens is 332 g/mol. The molecule has 0 saturated heterocycles. The summed E-state index contributed by atoms with van der Waals surface area (Å²) in [5.41, 5.74) is 2.27. The Balaban J connectivity index is 2.22. The van der Waals surface area contributed by atoms with Crippen LogP contribution in [0.3, 0.4) is 0 Å². The maximum absolute atomic E-state index is 12.6. The molecule has 0 atom stereocenters. The number of methoxy groups -OCH3 is 3. The number of ether oxygens (including phenoxy) is 3. The number of rotatable bonds is 8. The van der Waals surface area contributed by atoms with E-state index in [9.17, 15) is 4.79 Å². The standard InChI is InChI=1S/C20H26N2O4/c1-6-22(7-2)16-10-8-15(9-11-16)21-20(23)14-12-17(24-3)19(26-5)18(13-14)25-4/h8-13H,6-7H2,1-5H3,(H,21,23). The molecule has 1 N–H and O–H groups in total. The van der Waals surface area contributed by atoms with E-state index in [1.807, 2.05) is 24.3 Å². The van der Waals surface area contributed by atoms with Crippen molar-refractivity contribution in [2.75, 3.05) is 44.6 Å². The predicted molar refractivity (Wildman–Crippen MR) is 104 cm³/mol. The lowest BCUT2D eigenvalue weighted by atomic mass is 10.1. The van der Waals surface area contributed by atoms with Gasteiger partial charge in [0.05, 0.1) is 21.3 Å². The summed E-state index contributed by atoms with van der Waals surface area (Å²) in [7, 11) is 4.56. The van der Waals surface area contributed by atoms with Gasteiger partial charge in [-0.15, -0.1) is 0 Å². The van der Waals surface area contributed by atoms with Crippen molar-refractivity contribution in [3.63, 3.8) is 0 Å². The summed E-state index contributed by atoms with van der Waals surface area (Å²) in [5.74, 6) is 1.08. The van der Waals surface area contributed by atoms with Crippen LogP contribution in [-0.2, 0) is 0 Å². The number of carbonyl (C=O) groups excluding carboxylic acids is 1. The van der Waals surface area contributed by atoms with E-state index >= 15 is 0 Å². The first kappa shape index (κ1) is 19.4. The zero-order valence-corrected chi connectivity index (χ0v) is 16.0. The summed E-state index contributed by atoms with van der Waals surface area (Å²) in [6.45, 7) is 6.11. The average Bonchev–Trinajstić information content (AvgIpc) is 2.68. The average molecular weight is 358 g/mol. The number of carbonyl (C=O) groups is 1. The molecule has 26 heavy (non-hydrogen) atoms. The molecule has 0 unspecified atom stereocenters. The SMILES string of the molecule is CCN(CC)c1ccc(NC(=O)c2cc(OC)c(OC)c(OC)c2)cc1. The molecule has 0 radical (unpaired) electrons. The first-order valence-electron chi connectivity index (χ1n) is 8.54. The van der Waals surface area contributed by atoms with Crippen molar-refractivity contribution in [2.24, 2.45) is 0 Å². The number of hydrogen-bond acceptors (Lipinski definition) is 5. The zero-order valence-electron chi connectivity index (χ0n) is 16.0. The monoisotopic (exact) mass is 358 g/mol. The number of nitrogens with zero attached hydrogens (tertiary/aromatic N) is 1. The molecule has 2 aromatic rings. The van der Waals surface area contributed by atoms with Gasteiger partial charge in [-0.3, -0.25) is 4.79 Å². The molecule has 0 aliphatic rings. The molecular formula is C20H26N2O4. The van der Waals surface area contributed by atoms with Crippen LogP contribution in [0, 0.1) is 0 Å². The van der Waals surface area contributed by atoms with Gasteiger partial charge in [0.15, 0.2) is 11.5 Å². The van der Waals surface area contributed by atoms with Crippen LogP contribution in [0.1, 0.15) is 24.2 Å². The highest BCUT2D eigenvalue weighted by molar-refractivity contribution is 6.05. The minimum absolute atomic E-state index is 0.250. The Bertz CT molecular complexity index is 715. The van der Waals surface area contributed by atoms with Crippen LogP contribution in [0.15, 0.2) is 36.4 Å². The van der Waals surface area contributed by atoms with Gasteiger partial charge in [-0.1, -0.05) is 0 Å². The van der Waals surface area contributed by atoms with Crippen LogP contribution >= 0.6 is 0 Å². The minimum Gasteiger partial charge on any atom is -0.493 e. The Labute approximate surface area is 154 Å². The summed E-state index contributed by atoms with van der Waals surface area (Å²) in [5, 5.41) is 2.89. The number of anilines is 2. The van der Waals surface area contributed by atoms with Crippen molar-refractivity contribution in [2.45, 2.75) is 13.8 Å². The molecule has 0 bridgehead atoms. The van der Waals surface area contributed by atoms with Crippen LogP contribution in [0.5, 0.6) is 17.2 Å². The van der Waals surface area contributed by atoms with Crippen LogP contribution in [0.4, 0.5) is 11.4 Å². The molecule has 0 fully saturated rings. The number of amides is 1. The normalized spacial score (nSPS) is 10.2. The van der Waals surface area contributed by atoms with Gasteiger partial charge in [-0.05, 0) is 50.2 Å². The molecule has 1 amide bonds. The third kappa shape index (κ3) is 4.20. The van der Waals surface area contributed by atoms with Crippen molar-refractivity contribution in [3.8, 4) is 17.2 Å². The van der Waals surface area contributed by atoms with E-state index in [-0.39, 0.29) is 5.91 Å². The van der Waals surface area contributed by atoms with Gasteiger partial charge >= 0.3 is 0 Å². The smallest absolute Gasteiger partial charge is 0.255 e. The third-order valence-corrected chi connectivity index (χ3v) is 4.18. The molecule has 6 nitrogen and oxygen atoms in total. The maximum Gasteiger partial charge on any atom is 0.255 e. The lowest BCUT2D eigenvalue weighted by Crippen LogP contribution is -2.21. The van der Waals surface area contributed by atoms with E-state index in [4.69, 9.17) is 14.2 Å². The third-order valence-electron chi connectivity index (χ3n) is 4.18. The van der Waals surface area contributed by atoms with E-state index in [1.165, 1.54) is 21.3 Å². The first-order chi connectivity index (χ1) is 12.6. The highest BCUT2D eigenvalue weighted by atomic mass is 16.5. The van der Waals surface area contributed by atoms with Gasteiger partial charge in [0.1, 0.15) is 0 Å². The van der Waals surface area contributed by atoms with Gasteiger partial charge in [0, 0.05) is 30.0 Å². The van der Waals surface area contributed by atoms with Crippen molar-refractivity contribution in [1.82, 2.24) is 0 Å². The molecule has 0 heterocycles. The second-order valence-corrected chi connectivity index (χ2v) is 5.59. The fourth-order valence-electron chi connectivity index (χ4n) is 2.76. The summed E-state index contributed by atoms with van der Waals surface area (Å²) in [6, 6.07) is 11.0. The van der Waals surface area contributed by atoms with E-state index < -0.39 is 0 Å². The Kier molecular flexibility index (Phi) is 6.72. The molecule has 140 valence electrons. The number of benzene rings is 2. The molecule has 2 rings (SSSR count). The van der Waals surface area contributed by atoms with Crippen LogP contribution in [-0.4, -0.2) is 40.3 Å². The predicted octanol–water partition coefficient (Wildman–Crippen LogP) is 3.81. The van der Waals surface area contributed by atoms with Gasteiger partial charge in [-0.2, -0.15) is 0 Å². The maximum atomic E-state index is 12.6. The van der Waals surface area contributed by atoms with Gasteiger partial charge < -0.3 is 24.4 Å². The van der Waals surface area contributed by atoms with Crippen molar-refractivity contribution in [1.29, 1.82) is 0 Å². The second kappa shape index (κ2) is 8.99. The van der Waals surface area contributed by atoms with Crippen molar-refractivity contribution >= 4 is 17.3 Å². The highest BCUT2D eigenvalue weighted by Crippen LogP contribution is 2.38. The molecule has 0 aromatic heterocycles. The quantitative estimate of drug-likeness (QED) is 0.777. The lowest BCUT2D eigenvalue weighted by Gasteiger charge is -2.21. The van der Waals surface area contributed by atoms with E-state index in [0.717, 1.165) is 24.5 Å². The van der Waals surface area contributed by atoms with Gasteiger partial charge in [-0.25, -0.2) is 0 Å². The fourth-order valence-corrected chi connectivity index (χ4v) is 2.76. The zero-order chi connectivity index (χ0) is 19.1. The van der Waals surface area contributed by atoms with Gasteiger partial charge in [0.25, 0.3) is 5.91 Å². The lowest BCUT2D eigenvalue weighted by molar-refractivity contribution is 0.102. The Hall–Kier alpha value is -2.89. The first-order valence-corrected chi connectivity index (χ1v) is 8.54. The summed E-state index contributed by atoms with van der Waals surface area (Å²) < 4.78 is 15.9. The summed E-state index contributed by atoms with van der Waals surface area (Å²) in [6.07, 6.45) is 0.